The molecule has 2 aromatic heterocycles. The van der Waals surface area contributed by atoms with E-state index < -0.39 is 5.60 Å². The minimum atomic E-state index is -0.467. The second-order valence-corrected chi connectivity index (χ2v) is 7.69. The standard InChI is InChI=1S/C17H23N3O2S/c1-17(2,3)22-16(21)20-9-8-13-12(10-20)11-6-7-14(23-5)18-15(11)19(13)4/h6-7H,8-10H2,1-5H3. The predicted molar refractivity (Wildman–Crippen MR) is 92.8 cm³/mol. The van der Waals surface area contributed by atoms with Crippen LogP contribution < -0.4 is 0 Å². The average Bonchev–Trinajstić information content (AvgIpc) is 2.78. The van der Waals surface area contributed by atoms with Crippen LogP contribution in [0.4, 0.5) is 4.79 Å². The van der Waals surface area contributed by atoms with Gasteiger partial charge in [-0.05, 0) is 39.2 Å². The Morgan fingerprint density at radius 2 is 2.09 bits per heavy atom. The number of hydrogen-bond acceptors (Lipinski definition) is 4. The van der Waals surface area contributed by atoms with Gasteiger partial charge in [-0.15, -0.1) is 11.8 Å². The van der Waals surface area contributed by atoms with Gasteiger partial charge in [0.15, 0.2) is 0 Å². The van der Waals surface area contributed by atoms with Crippen molar-refractivity contribution in [3.8, 4) is 0 Å². The fourth-order valence-electron chi connectivity index (χ4n) is 3.01. The summed E-state index contributed by atoms with van der Waals surface area (Å²) < 4.78 is 7.67. The number of aromatic nitrogens is 2. The number of rotatable bonds is 1. The third-order valence-electron chi connectivity index (χ3n) is 4.07. The normalized spacial score (nSPS) is 14.9. The topological polar surface area (TPSA) is 47.4 Å². The molecule has 0 spiro atoms. The van der Waals surface area contributed by atoms with E-state index in [1.54, 1.807) is 16.7 Å². The van der Waals surface area contributed by atoms with Gasteiger partial charge in [0.25, 0.3) is 0 Å². The van der Waals surface area contributed by atoms with Gasteiger partial charge in [0, 0.05) is 36.7 Å². The van der Waals surface area contributed by atoms with Crippen molar-refractivity contribution in [3.05, 3.63) is 23.4 Å². The molecule has 0 aliphatic carbocycles. The van der Waals surface area contributed by atoms with E-state index in [-0.39, 0.29) is 6.09 Å². The average molecular weight is 333 g/mol. The molecule has 0 N–H and O–H groups in total. The SMILES string of the molecule is CSc1ccc2c3c(n(C)c2n1)CCN(C(=O)OC(C)(C)C)C3. The fourth-order valence-corrected chi connectivity index (χ4v) is 3.39. The van der Waals surface area contributed by atoms with Crippen molar-refractivity contribution in [2.24, 2.45) is 7.05 Å². The lowest BCUT2D eigenvalue weighted by molar-refractivity contribution is 0.0223. The van der Waals surface area contributed by atoms with Crippen LogP contribution in [0, 0.1) is 0 Å². The first-order valence-electron chi connectivity index (χ1n) is 7.79. The van der Waals surface area contributed by atoms with Crippen LogP contribution in [0.5, 0.6) is 0 Å². The molecule has 5 nitrogen and oxygen atoms in total. The van der Waals surface area contributed by atoms with Crippen molar-refractivity contribution in [1.29, 1.82) is 0 Å². The number of aryl methyl sites for hydroxylation is 1. The van der Waals surface area contributed by atoms with Crippen molar-refractivity contribution >= 4 is 28.9 Å². The maximum Gasteiger partial charge on any atom is 0.410 e. The van der Waals surface area contributed by atoms with Crippen molar-refractivity contribution in [3.63, 3.8) is 0 Å². The Morgan fingerprint density at radius 3 is 2.74 bits per heavy atom. The van der Waals surface area contributed by atoms with Crippen molar-refractivity contribution < 1.29 is 9.53 Å². The Balaban J connectivity index is 1.94. The summed E-state index contributed by atoms with van der Waals surface area (Å²) in [6.07, 6.45) is 2.62. The molecular weight excluding hydrogens is 310 g/mol. The number of pyridine rings is 1. The highest BCUT2D eigenvalue weighted by molar-refractivity contribution is 7.98. The molecule has 6 heteroatoms. The quantitative estimate of drug-likeness (QED) is 0.748. The number of carbonyl (C=O) groups excluding carboxylic acids is 1. The largest absolute Gasteiger partial charge is 0.444 e. The number of thioether (sulfide) groups is 1. The Kier molecular flexibility index (Phi) is 4.04. The van der Waals surface area contributed by atoms with Gasteiger partial charge >= 0.3 is 6.09 Å². The zero-order valence-electron chi connectivity index (χ0n) is 14.3. The van der Waals surface area contributed by atoms with Gasteiger partial charge < -0.3 is 14.2 Å². The highest BCUT2D eigenvalue weighted by Gasteiger charge is 2.29. The summed E-state index contributed by atoms with van der Waals surface area (Å²) >= 11 is 1.64. The van der Waals surface area contributed by atoms with Gasteiger partial charge in [-0.2, -0.15) is 0 Å². The van der Waals surface area contributed by atoms with Gasteiger partial charge in [-0.25, -0.2) is 9.78 Å². The molecule has 0 saturated heterocycles. The number of amides is 1. The molecule has 0 unspecified atom stereocenters. The van der Waals surface area contributed by atoms with Crippen LogP contribution in [0.25, 0.3) is 11.0 Å². The lowest BCUT2D eigenvalue weighted by Crippen LogP contribution is -2.40. The first kappa shape index (κ1) is 16.2. The van der Waals surface area contributed by atoms with E-state index in [2.05, 4.69) is 17.7 Å². The summed E-state index contributed by atoms with van der Waals surface area (Å²) in [5, 5.41) is 2.15. The van der Waals surface area contributed by atoms with Crippen LogP contribution in [0.2, 0.25) is 0 Å². The molecule has 2 aromatic rings. The molecular formula is C17H23N3O2S. The number of ether oxygens (including phenoxy) is 1. The Hall–Kier alpha value is -1.69. The zero-order valence-corrected chi connectivity index (χ0v) is 15.2. The predicted octanol–water partition coefficient (Wildman–Crippen LogP) is 3.59. The van der Waals surface area contributed by atoms with Crippen LogP contribution in [-0.2, 0) is 24.8 Å². The van der Waals surface area contributed by atoms with Crippen LogP contribution in [-0.4, -0.2) is 38.9 Å². The molecule has 0 bridgehead atoms. The molecule has 124 valence electrons. The third kappa shape index (κ3) is 3.04. The van der Waals surface area contributed by atoms with Gasteiger partial charge in [0.05, 0.1) is 11.6 Å². The summed E-state index contributed by atoms with van der Waals surface area (Å²) in [5.41, 5.74) is 2.99. The van der Waals surface area contributed by atoms with E-state index in [0.29, 0.717) is 13.1 Å². The molecule has 0 fully saturated rings. The van der Waals surface area contributed by atoms with E-state index in [4.69, 9.17) is 9.72 Å². The summed E-state index contributed by atoms with van der Waals surface area (Å²) in [4.78, 5) is 18.9. The summed E-state index contributed by atoms with van der Waals surface area (Å²) in [5.74, 6) is 0. The van der Waals surface area contributed by atoms with Crippen molar-refractivity contribution in [2.45, 2.75) is 44.4 Å². The molecule has 3 heterocycles. The second kappa shape index (κ2) is 5.74. The summed E-state index contributed by atoms with van der Waals surface area (Å²) in [6.45, 7) is 6.95. The number of nitrogens with zero attached hydrogens (tertiary/aromatic N) is 3. The maximum atomic E-state index is 12.3. The van der Waals surface area contributed by atoms with Gasteiger partial charge in [-0.1, -0.05) is 0 Å². The van der Waals surface area contributed by atoms with Crippen LogP contribution in [0.3, 0.4) is 0 Å². The zero-order chi connectivity index (χ0) is 16.8. The van der Waals surface area contributed by atoms with Gasteiger partial charge in [0.1, 0.15) is 11.2 Å². The summed E-state index contributed by atoms with van der Waals surface area (Å²) in [7, 11) is 2.06. The number of hydrogen-bond donors (Lipinski definition) is 0. The van der Waals surface area contributed by atoms with Gasteiger partial charge in [-0.3, -0.25) is 0 Å². The maximum absolute atomic E-state index is 12.3. The molecule has 0 aromatic carbocycles. The molecule has 3 rings (SSSR count). The van der Waals surface area contributed by atoms with Crippen LogP contribution in [0.1, 0.15) is 32.0 Å². The molecule has 23 heavy (non-hydrogen) atoms. The highest BCUT2D eigenvalue weighted by atomic mass is 32.2. The van der Waals surface area contributed by atoms with E-state index in [0.717, 1.165) is 22.5 Å². The van der Waals surface area contributed by atoms with Crippen LogP contribution in [0.15, 0.2) is 17.2 Å². The number of carbonyl (C=O) groups is 1. The lowest BCUT2D eigenvalue weighted by Gasteiger charge is -2.30. The van der Waals surface area contributed by atoms with Gasteiger partial charge in [0.2, 0.25) is 0 Å². The minimum Gasteiger partial charge on any atom is -0.444 e. The first-order chi connectivity index (χ1) is 10.8. The molecule has 0 saturated carbocycles. The first-order valence-corrected chi connectivity index (χ1v) is 9.01. The molecule has 1 aliphatic heterocycles. The van der Waals surface area contributed by atoms with E-state index >= 15 is 0 Å². The van der Waals surface area contributed by atoms with E-state index in [1.807, 2.05) is 33.1 Å². The monoisotopic (exact) mass is 333 g/mol. The highest BCUT2D eigenvalue weighted by Crippen LogP contribution is 2.31. The smallest absolute Gasteiger partial charge is 0.410 e. The molecule has 0 radical (unpaired) electrons. The van der Waals surface area contributed by atoms with Crippen molar-refractivity contribution in [1.82, 2.24) is 14.5 Å². The molecule has 1 amide bonds. The van der Waals surface area contributed by atoms with E-state index in [1.165, 1.54) is 11.3 Å². The third-order valence-corrected chi connectivity index (χ3v) is 4.72. The number of fused-ring (bicyclic) bond motifs is 3. The second-order valence-electron chi connectivity index (χ2n) is 6.86. The summed E-state index contributed by atoms with van der Waals surface area (Å²) in [6, 6.07) is 4.16. The molecule has 1 aliphatic rings. The molecule has 0 atom stereocenters. The Morgan fingerprint density at radius 1 is 1.35 bits per heavy atom. The Labute approximate surface area is 141 Å². The lowest BCUT2D eigenvalue weighted by atomic mass is 10.1. The van der Waals surface area contributed by atoms with E-state index in [9.17, 15) is 4.79 Å². The Bertz CT molecular complexity index is 761. The fraction of sp³-hybridized carbons (Fsp3) is 0.529. The minimum absolute atomic E-state index is 0.242. The van der Waals surface area contributed by atoms with Crippen molar-refractivity contribution in [2.75, 3.05) is 12.8 Å². The van der Waals surface area contributed by atoms with Crippen LogP contribution >= 0.6 is 11.8 Å².